The summed E-state index contributed by atoms with van der Waals surface area (Å²) in [5.41, 5.74) is 1.86. The van der Waals surface area contributed by atoms with E-state index in [4.69, 9.17) is 13.5 Å². The molecular formula is C31H49FN3O7PSSi. The van der Waals surface area contributed by atoms with Crippen LogP contribution in [-0.4, -0.2) is 71.3 Å². The molecule has 0 N–H and O–H groups in total. The zero-order chi connectivity index (χ0) is 34.4. The van der Waals surface area contributed by atoms with E-state index >= 15 is 0 Å². The maximum Gasteiger partial charge on any atom is 0.333 e. The average Bonchev–Trinajstić information content (AvgIpc) is 2.90. The third-order valence-electron chi connectivity index (χ3n) is 7.62. The highest BCUT2D eigenvalue weighted by Gasteiger charge is 2.41. The van der Waals surface area contributed by atoms with Crippen LogP contribution in [0.5, 0.6) is 0 Å². The predicted octanol–water partition coefficient (Wildman–Crippen LogP) is 7.43. The lowest BCUT2D eigenvalue weighted by molar-refractivity contribution is -0.115. The van der Waals surface area contributed by atoms with Crippen LogP contribution in [0.3, 0.4) is 0 Å². The van der Waals surface area contributed by atoms with E-state index in [0.29, 0.717) is 22.5 Å². The van der Waals surface area contributed by atoms with E-state index in [1.807, 2.05) is 13.8 Å². The average molecular weight is 686 g/mol. The Morgan fingerprint density at radius 1 is 1.09 bits per heavy atom. The molecule has 0 saturated carbocycles. The molecule has 0 saturated heterocycles. The van der Waals surface area contributed by atoms with Crippen LogP contribution in [0.4, 0.5) is 10.3 Å². The maximum atomic E-state index is 13.8. The summed E-state index contributed by atoms with van der Waals surface area (Å²) in [5.74, 6) is -0.974. The van der Waals surface area contributed by atoms with Gasteiger partial charge < -0.3 is 13.5 Å². The second-order valence-corrected chi connectivity index (χ2v) is 21.6. The molecule has 14 heteroatoms. The second-order valence-electron chi connectivity index (χ2n) is 12.7. The Bertz CT molecular complexity index is 1500. The summed E-state index contributed by atoms with van der Waals surface area (Å²) in [5, 5.41) is -0.167. The smallest absolute Gasteiger partial charge is 0.333 e. The molecule has 2 rings (SSSR count). The summed E-state index contributed by atoms with van der Waals surface area (Å²) in [6.45, 7) is 18.0. The Kier molecular flexibility index (Phi) is 13.4. The number of hydrogen-bond donors (Lipinski definition) is 0. The van der Waals surface area contributed by atoms with Crippen LogP contribution in [0.1, 0.15) is 72.1 Å². The number of halogens is 1. The number of allylic oxidation sites excluding steroid dienone is 1. The van der Waals surface area contributed by atoms with Gasteiger partial charge in [0, 0.05) is 24.6 Å². The molecule has 10 nitrogen and oxygen atoms in total. The highest BCUT2D eigenvalue weighted by molar-refractivity contribution is 7.92. The molecule has 252 valence electrons. The van der Waals surface area contributed by atoms with Crippen LogP contribution in [0.15, 0.2) is 30.3 Å². The first-order chi connectivity index (χ1) is 20.6. The molecule has 0 aliphatic heterocycles. The largest absolute Gasteiger partial charge is 0.413 e. The van der Waals surface area contributed by atoms with Crippen LogP contribution in [0.25, 0.3) is 17.3 Å². The fraction of sp³-hybridized carbons (Fsp3) is 0.581. The first-order valence-corrected chi connectivity index (χ1v) is 21.5. The fourth-order valence-electron chi connectivity index (χ4n) is 4.19. The number of sulfonamides is 1. The molecule has 1 heterocycles. The van der Waals surface area contributed by atoms with Crippen LogP contribution >= 0.6 is 7.60 Å². The standard InChI is InChI=1S/C31H49FN3O7PSSi/c1-12-40-43(37,41-13-2)21-26(42-45(10,11)31(5,6)7)20-25(36)18-19-27-28(22(3)4)33-30(35(8)44(9,38)39)34-29(27)23-14-16-24(32)17-15-23/h14-19,22,26H,12-13,20-21H2,1-11H3/b19-18+/t26-/m1/s1. The summed E-state index contributed by atoms with van der Waals surface area (Å²) >= 11 is 0. The Morgan fingerprint density at radius 3 is 2.11 bits per heavy atom. The van der Waals surface area contributed by atoms with Gasteiger partial charge in [0.1, 0.15) is 5.82 Å². The zero-order valence-corrected chi connectivity index (χ0v) is 31.1. The summed E-state index contributed by atoms with van der Waals surface area (Å²) in [6, 6.07) is 5.63. The number of rotatable bonds is 16. The third-order valence-corrected chi connectivity index (χ3v) is 15.5. The van der Waals surface area contributed by atoms with E-state index in [9.17, 15) is 22.2 Å². The highest BCUT2D eigenvalue weighted by atomic mass is 32.2. The Morgan fingerprint density at radius 2 is 1.64 bits per heavy atom. The Hall–Kier alpha value is -2.28. The van der Waals surface area contributed by atoms with Crippen molar-refractivity contribution >= 4 is 43.7 Å². The van der Waals surface area contributed by atoms with Crippen molar-refractivity contribution in [2.75, 3.05) is 37.0 Å². The number of hydrogen-bond acceptors (Lipinski definition) is 9. The number of carbonyl (C=O) groups excluding carboxylic acids is 1. The first-order valence-electron chi connectivity index (χ1n) is 15.0. The Balaban J connectivity index is 2.63. The monoisotopic (exact) mass is 685 g/mol. The van der Waals surface area contributed by atoms with E-state index in [2.05, 4.69) is 43.8 Å². The number of carbonyl (C=O) groups is 1. The van der Waals surface area contributed by atoms with Crippen molar-refractivity contribution in [3.63, 3.8) is 0 Å². The topological polar surface area (TPSA) is 125 Å². The zero-order valence-electron chi connectivity index (χ0n) is 28.4. The first kappa shape index (κ1) is 38.9. The summed E-state index contributed by atoms with van der Waals surface area (Å²) in [7, 11) is -8.25. The van der Waals surface area contributed by atoms with Crippen molar-refractivity contribution in [2.45, 2.75) is 85.0 Å². The van der Waals surface area contributed by atoms with Crippen molar-refractivity contribution < 1.29 is 35.6 Å². The van der Waals surface area contributed by atoms with Gasteiger partial charge in [0.05, 0.1) is 43.1 Å². The van der Waals surface area contributed by atoms with Gasteiger partial charge in [0.15, 0.2) is 14.1 Å². The Labute approximate surface area is 269 Å². The van der Waals surface area contributed by atoms with Crippen molar-refractivity contribution in [1.29, 1.82) is 0 Å². The molecule has 0 aliphatic carbocycles. The van der Waals surface area contributed by atoms with Crippen LogP contribution in [-0.2, 0) is 32.9 Å². The minimum Gasteiger partial charge on any atom is -0.413 e. The molecule has 0 unspecified atom stereocenters. The lowest BCUT2D eigenvalue weighted by Crippen LogP contribution is -2.45. The van der Waals surface area contributed by atoms with E-state index in [1.54, 1.807) is 19.9 Å². The maximum absolute atomic E-state index is 13.8. The quantitative estimate of drug-likeness (QED) is 0.101. The SMILES string of the molecule is CCOP(=O)(C[C@@H](CC(=O)/C=C/c1c(-c2ccc(F)cc2)nc(N(C)S(C)(=O)=O)nc1C(C)C)O[Si](C)(C)C(C)(C)C)OCC. The lowest BCUT2D eigenvalue weighted by atomic mass is 9.97. The molecule has 0 aliphatic rings. The summed E-state index contributed by atoms with van der Waals surface area (Å²) in [6.07, 6.45) is 3.16. The molecule has 0 amide bonds. The minimum atomic E-state index is -3.68. The van der Waals surface area contributed by atoms with Gasteiger partial charge in [0.25, 0.3) is 0 Å². The van der Waals surface area contributed by atoms with Crippen molar-refractivity contribution in [2.24, 2.45) is 0 Å². The van der Waals surface area contributed by atoms with Gasteiger partial charge in [-0.05, 0) is 74.3 Å². The van der Waals surface area contributed by atoms with Crippen LogP contribution in [0, 0.1) is 5.82 Å². The molecule has 1 aromatic carbocycles. The molecule has 0 bridgehead atoms. The number of aromatic nitrogens is 2. The number of anilines is 1. The summed E-state index contributed by atoms with van der Waals surface area (Å²) < 4.78 is 70.6. The predicted molar refractivity (Wildman–Crippen MR) is 181 cm³/mol. The second kappa shape index (κ2) is 15.5. The molecular weight excluding hydrogens is 636 g/mol. The molecule has 45 heavy (non-hydrogen) atoms. The van der Waals surface area contributed by atoms with Gasteiger partial charge in [-0.1, -0.05) is 34.6 Å². The molecule has 2 aromatic rings. The normalized spacial score (nSPS) is 13.9. The molecule has 0 fully saturated rings. The fourth-order valence-corrected chi connectivity index (χ4v) is 7.83. The van der Waals surface area contributed by atoms with Crippen LogP contribution in [0.2, 0.25) is 18.1 Å². The summed E-state index contributed by atoms with van der Waals surface area (Å²) in [4.78, 5) is 22.6. The van der Waals surface area contributed by atoms with E-state index in [-0.39, 0.29) is 48.5 Å². The van der Waals surface area contributed by atoms with Gasteiger partial charge in [-0.2, -0.15) is 0 Å². The van der Waals surface area contributed by atoms with E-state index < -0.39 is 37.9 Å². The van der Waals surface area contributed by atoms with Crippen LogP contribution < -0.4 is 4.31 Å². The number of nitrogens with zero attached hydrogens (tertiary/aromatic N) is 3. The number of ketones is 1. The number of benzene rings is 1. The molecule has 1 atom stereocenters. The van der Waals surface area contributed by atoms with Gasteiger partial charge in [0.2, 0.25) is 16.0 Å². The molecule has 1 aromatic heterocycles. The van der Waals surface area contributed by atoms with Gasteiger partial charge in [-0.3, -0.25) is 9.36 Å². The van der Waals surface area contributed by atoms with Gasteiger partial charge in [-0.15, -0.1) is 0 Å². The van der Waals surface area contributed by atoms with E-state index in [1.165, 1.54) is 37.4 Å². The van der Waals surface area contributed by atoms with Crippen molar-refractivity contribution in [3.8, 4) is 11.3 Å². The molecule has 0 radical (unpaired) electrons. The van der Waals surface area contributed by atoms with Crippen molar-refractivity contribution in [1.82, 2.24) is 9.97 Å². The van der Waals surface area contributed by atoms with Crippen molar-refractivity contribution in [3.05, 3.63) is 47.4 Å². The third kappa shape index (κ3) is 10.9. The van der Waals surface area contributed by atoms with Gasteiger partial charge >= 0.3 is 7.60 Å². The minimum absolute atomic E-state index is 0.0468. The van der Waals surface area contributed by atoms with E-state index in [0.717, 1.165) is 10.6 Å². The lowest BCUT2D eigenvalue weighted by Gasteiger charge is -2.39. The molecule has 0 spiro atoms. The van der Waals surface area contributed by atoms with Gasteiger partial charge in [-0.25, -0.2) is 27.1 Å². The highest BCUT2D eigenvalue weighted by Crippen LogP contribution is 2.50.